The Morgan fingerprint density at radius 3 is 2.12 bits per heavy atom. The highest BCUT2D eigenvalue weighted by molar-refractivity contribution is 8.23. The molecule has 0 radical (unpaired) electrons. The Kier molecular flexibility index (Phi) is 5.26. The van der Waals surface area contributed by atoms with Gasteiger partial charge in [-0.1, -0.05) is 18.2 Å². The normalized spacial score (nSPS) is 16.3. The summed E-state index contributed by atoms with van der Waals surface area (Å²) in [5.74, 6) is 0.300. The molecule has 1 aliphatic heterocycles. The largest absolute Gasteiger partial charge is 0.465 e. The molecule has 4 aromatic rings. The Hall–Kier alpha value is -4.20. The topological polar surface area (TPSA) is 83.7 Å². The fourth-order valence-electron chi connectivity index (χ4n) is 4.19. The number of carbonyl (C=O) groups excluding carboxylic acids is 1. The molecular weight excluding hydrogens is 432 g/mol. The van der Waals surface area contributed by atoms with Crippen molar-refractivity contribution < 1.29 is 9.53 Å². The molecule has 162 valence electrons. The Bertz CT molecular complexity index is 1560. The van der Waals surface area contributed by atoms with E-state index >= 15 is 0 Å². The lowest BCUT2D eigenvalue weighted by Crippen LogP contribution is -2.10. The minimum atomic E-state index is -0.984. The zero-order valence-electron chi connectivity index (χ0n) is 17.9. The molecular formula is C26H20N4O2S. The third-order valence-electron chi connectivity index (χ3n) is 5.90. The van der Waals surface area contributed by atoms with Crippen LogP contribution in [0.3, 0.4) is 0 Å². The van der Waals surface area contributed by atoms with Crippen LogP contribution in [-0.4, -0.2) is 22.2 Å². The van der Waals surface area contributed by atoms with E-state index in [9.17, 15) is 15.3 Å². The highest BCUT2D eigenvalue weighted by Gasteiger charge is 2.26. The van der Waals surface area contributed by atoms with Crippen molar-refractivity contribution in [3.05, 3.63) is 94.0 Å². The number of carbonyl (C=O) groups is 1. The monoisotopic (exact) mass is 452 g/mol. The van der Waals surface area contributed by atoms with Crippen molar-refractivity contribution >= 4 is 38.7 Å². The van der Waals surface area contributed by atoms with Crippen LogP contribution in [0.15, 0.2) is 82.9 Å². The fraction of sp³-hybridized carbons (Fsp3) is 0.115. The fourth-order valence-corrected chi connectivity index (χ4v) is 6.53. The van der Waals surface area contributed by atoms with Gasteiger partial charge in [0.15, 0.2) is 0 Å². The molecule has 2 aromatic carbocycles. The van der Waals surface area contributed by atoms with Crippen molar-refractivity contribution in [3.8, 4) is 12.1 Å². The van der Waals surface area contributed by atoms with Crippen LogP contribution in [0.25, 0.3) is 21.8 Å². The number of thiol groups is 1. The Morgan fingerprint density at radius 2 is 1.52 bits per heavy atom. The predicted molar refractivity (Wildman–Crippen MR) is 130 cm³/mol. The van der Waals surface area contributed by atoms with E-state index in [1.807, 2.05) is 73.1 Å². The zero-order chi connectivity index (χ0) is 22.9. The van der Waals surface area contributed by atoms with Gasteiger partial charge in [-0.2, -0.15) is 21.4 Å². The van der Waals surface area contributed by atoms with Crippen LogP contribution >= 0.6 is 10.9 Å². The van der Waals surface area contributed by atoms with Gasteiger partial charge in [0, 0.05) is 17.9 Å². The molecule has 7 heteroatoms. The maximum absolute atomic E-state index is 12.6. The minimum Gasteiger partial charge on any atom is -0.465 e. The number of aromatic nitrogens is 2. The van der Waals surface area contributed by atoms with Crippen molar-refractivity contribution in [3.63, 3.8) is 0 Å². The number of nitrogens with zero attached hydrogens (tertiary/aromatic N) is 4. The van der Waals surface area contributed by atoms with E-state index < -0.39 is 10.9 Å². The predicted octanol–water partition coefficient (Wildman–Crippen LogP) is 4.95. The summed E-state index contributed by atoms with van der Waals surface area (Å²) in [5, 5.41) is 20.7. The smallest absolute Gasteiger partial charge is 0.342 e. The van der Waals surface area contributed by atoms with E-state index in [4.69, 9.17) is 4.74 Å². The number of methoxy groups -OCH3 is 1. The molecule has 5 rings (SSSR count). The molecule has 33 heavy (non-hydrogen) atoms. The molecule has 0 aliphatic carbocycles. The summed E-state index contributed by atoms with van der Waals surface area (Å²) >= 11 is 0. The van der Waals surface area contributed by atoms with Gasteiger partial charge in [0.25, 0.3) is 0 Å². The molecule has 0 saturated heterocycles. The Morgan fingerprint density at radius 1 is 0.909 bits per heavy atom. The summed E-state index contributed by atoms with van der Waals surface area (Å²) in [4.78, 5) is 14.4. The molecule has 0 fully saturated rings. The van der Waals surface area contributed by atoms with E-state index in [1.165, 1.54) is 7.11 Å². The van der Waals surface area contributed by atoms with Crippen LogP contribution in [0.4, 0.5) is 0 Å². The first-order chi connectivity index (χ1) is 16.1. The number of esters is 1. The van der Waals surface area contributed by atoms with Gasteiger partial charge in [-0.3, -0.25) is 0 Å². The van der Waals surface area contributed by atoms with Crippen molar-refractivity contribution in [2.45, 2.75) is 12.4 Å². The molecule has 1 aliphatic rings. The van der Waals surface area contributed by atoms with Crippen LogP contribution in [-0.2, 0) is 22.0 Å². The molecule has 3 heterocycles. The lowest BCUT2D eigenvalue weighted by Gasteiger charge is -2.24. The summed E-state index contributed by atoms with van der Waals surface area (Å²) in [6.07, 6.45) is 7.90. The van der Waals surface area contributed by atoms with Crippen LogP contribution in [0.5, 0.6) is 0 Å². The van der Waals surface area contributed by atoms with Crippen LogP contribution < -0.4 is 0 Å². The number of rotatable bonds is 5. The van der Waals surface area contributed by atoms with Crippen molar-refractivity contribution in [1.82, 2.24) is 9.13 Å². The molecule has 0 N–H and O–H groups in total. The van der Waals surface area contributed by atoms with E-state index in [-0.39, 0.29) is 5.97 Å². The van der Waals surface area contributed by atoms with Gasteiger partial charge < -0.3 is 13.9 Å². The number of benzene rings is 2. The molecule has 6 nitrogen and oxygen atoms in total. The Balaban J connectivity index is 1.50. The first kappa shape index (κ1) is 20.7. The highest BCUT2D eigenvalue weighted by atomic mass is 32.2. The zero-order valence-corrected chi connectivity index (χ0v) is 18.8. The average Bonchev–Trinajstić information content (AvgIpc) is 3.56. The van der Waals surface area contributed by atoms with Crippen LogP contribution in [0.1, 0.15) is 11.1 Å². The first-order valence-corrected chi connectivity index (χ1v) is 11.9. The summed E-state index contributed by atoms with van der Waals surface area (Å²) in [6, 6.07) is 19.8. The molecule has 2 aromatic heterocycles. The standard InChI is InChI=1S/C26H20N4O2S/c1-32-26(31)25-7-6-22(16-29-10-8-20-4-2-18(14-27)12-23(20)29)33(25)17-30-11-9-21-5-3-19(15-28)13-24(21)30/h2-13,33H,16-17H2,1H3. The quantitative estimate of drug-likeness (QED) is 0.343. The number of hydrogen-bond donors (Lipinski definition) is 1. The molecule has 0 saturated carbocycles. The lowest BCUT2D eigenvalue weighted by atomic mass is 10.2. The van der Waals surface area contributed by atoms with Gasteiger partial charge in [0.05, 0.1) is 53.2 Å². The van der Waals surface area contributed by atoms with Crippen molar-refractivity contribution in [1.29, 1.82) is 10.5 Å². The second kappa shape index (κ2) is 8.38. The maximum Gasteiger partial charge on any atom is 0.342 e. The van der Waals surface area contributed by atoms with Crippen molar-refractivity contribution in [2.24, 2.45) is 0 Å². The van der Waals surface area contributed by atoms with Gasteiger partial charge in [-0.05, 0) is 58.2 Å². The number of fused-ring (bicyclic) bond motifs is 2. The molecule has 0 bridgehead atoms. The van der Waals surface area contributed by atoms with Crippen LogP contribution in [0, 0.1) is 22.7 Å². The summed E-state index contributed by atoms with van der Waals surface area (Å²) in [5.41, 5.74) is 3.18. The van der Waals surface area contributed by atoms with E-state index in [0.29, 0.717) is 28.5 Å². The Labute approximate surface area is 193 Å². The maximum atomic E-state index is 12.6. The lowest BCUT2D eigenvalue weighted by molar-refractivity contribution is -0.135. The van der Waals surface area contributed by atoms with E-state index in [1.54, 1.807) is 0 Å². The highest BCUT2D eigenvalue weighted by Crippen LogP contribution is 2.50. The minimum absolute atomic E-state index is 0.314. The van der Waals surface area contributed by atoms with Gasteiger partial charge in [0.1, 0.15) is 0 Å². The third-order valence-corrected chi connectivity index (χ3v) is 8.38. The summed E-state index contributed by atoms with van der Waals surface area (Å²) < 4.78 is 9.30. The van der Waals surface area contributed by atoms with Gasteiger partial charge in [-0.25, -0.2) is 4.79 Å². The number of allylic oxidation sites excluding steroid dienone is 3. The van der Waals surface area contributed by atoms with E-state index in [0.717, 1.165) is 26.7 Å². The second-order valence-electron chi connectivity index (χ2n) is 7.77. The third kappa shape index (κ3) is 3.69. The first-order valence-electron chi connectivity index (χ1n) is 10.4. The number of ether oxygens (including phenoxy) is 1. The second-order valence-corrected chi connectivity index (χ2v) is 9.97. The van der Waals surface area contributed by atoms with E-state index in [2.05, 4.69) is 21.3 Å². The molecule has 0 spiro atoms. The molecule has 0 amide bonds. The van der Waals surface area contributed by atoms with Crippen LogP contribution in [0.2, 0.25) is 0 Å². The summed E-state index contributed by atoms with van der Waals surface area (Å²) in [7, 11) is 0.420. The van der Waals surface area contributed by atoms with Gasteiger partial charge >= 0.3 is 5.97 Å². The van der Waals surface area contributed by atoms with Gasteiger partial charge in [0.2, 0.25) is 0 Å². The molecule has 1 unspecified atom stereocenters. The average molecular weight is 453 g/mol. The summed E-state index contributed by atoms with van der Waals surface area (Å²) in [6.45, 7) is 0.615. The molecule has 1 atom stereocenters. The number of nitriles is 2. The number of hydrogen-bond acceptors (Lipinski definition) is 4. The van der Waals surface area contributed by atoms with Gasteiger partial charge in [-0.15, -0.1) is 0 Å². The SMILES string of the molecule is COC(=O)C1=CC=C(Cn2ccc3ccc(C#N)cc32)[SH]1Cn1ccc2ccc(C#N)cc21. The van der Waals surface area contributed by atoms with Crippen molar-refractivity contribution in [2.75, 3.05) is 7.11 Å².